The summed E-state index contributed by atoms with van der Waals surface area (Å²) in [7, 11) is 0. The summed E-state index contributed by atoms with van der Waals surface area (Å²) < 4.78 is 10.9. The summed E-state index contributed by atoms with van der Waals surface area (Å²) in [4.78, 5) is 36.5. The van der Waals surface area contributed by atoms with Crippen molar-refractivity contribution in [1.82, 2.24) is 0 Å². The van der Waals surface area contributed by atoms with Gasteiger partial charge in [0.2, 0.25) is 0 Å². The molecule has 0 N–H and O–H groups in total. The zero-order valence-electron chi connectivity index (χ0n) is 14.5. The first kappa shape index (κ1) is 17.4. The Kier molecular flexibility index (Phi) is 4.47. The molecule has 132 valence electrons. The van der Waals surface area contributed by atoms with Gasteiger partial charge in [0.15, 0.2) is 0 Å². The van der Waals surface area contributed by atoms with Gasteiger partial charge >= 0.3 is 5.97 Å². The molecular formula is C19H21NO5. The second-order valence-electron chi connectivity index (χ2n) is 6.70. The minimum absolute atomic E-state index is 0.0214. The number of imide groups is 1. The second-order valence-corrected chi connectivity index (χ2v) is 6.70. The highest BCUT2D eigenvalue weighted by Gasteiger charge is 2.47. The van der Waals surface area contributed by atoms with E-state index in [2.05, 4.69) is 6.92 Å². The summed E-state index contributed by atoms with van der Waals surface area (Å²) in [5.74, 6) is -1.20. The van der Waals surface area contributed by atoms with Crippen LogP contribution in [0, 0.1) is 5.41 Å². The molecule has 1 aromatic carbocycles. The Labute approximate surface area is 146 Å². The van der Waals surface area contributed by atoms with E-state index in [1.165, 1.54) is 12.2 Å². The molecule has 2 atom stereocenters. The molecule has 0 spiro atoms. The lowest BCUT2D eigenvalue weighted by Crippen LogP contribution is -2.55. The summed E-state index contributed by atoms with van der Waals surface area (Å²) in [6.07, 6.45) is 3.49. The molecule has 1 fully saturated rings. The molecule has 0 saturated carbocycles. The Morgan fingerprint density at radius 3 is 2.20 bits per heavy atom. The van der Waals surface area contributed by atoms with Crippen LogP contribution in [0.25, 0.3) is 0 Å². The van der Waals surface area contributed by atoms with Gasteiger partial charge < -0.3 is 9.47 Å². The molecular weight excluding hydrogens is 322 g/mol. The number of hydrogen-bond donors (Lipinski definition) is 0. The summed E-state index contributed by atoms with van der Waals surface area (Å²) in [6, 6.07) is 6.22. The first-order valence-electron chi connectivity index (χ1n) is 8.32. The molecule has 2 amide bonds. The molecule has 2 heterocycles. The smallest absolute Gasteiger partial charge is 0.338 e. The Morgan fingerprint density at radius 2 is 1.68 bits per heavy atom. The van der Waals surface area contributed by atoms with Crippen molar-refractivity contribution in [2.75, 3.05) is 11.5 Å². The van der Waals surface area contributed by atoms with Crippen molar-refractivity contribution in [2.45, 2.75) is 39.4 Å². The second kappa shape index (κ2) is 6.44. The minimum Gasteiger partial charge on any atom is -0.462 e. The summed E-state index contributed by atoms with van der Waals surface area (Å²) in [5.41, 5.74) is 0.832. The summed E-state index contributed by atoms with van der Waals surface area (Å²) >= 11 is 0. The van der Waals surface area contributed by atoms with Crippen LogP contribution in [-0.2, 0) is 19.1 Å². The average Bonchev–Trinajstić information content (AvgIpc) is 2.93. The third-order valence-electron chi connectivity index (χ3n) is 5.31. The number of anilines is 1. The molecule has 3 rings (SSSR count). The monoisotopic (exact) mass is 343 g/mol. The first-order valence-corrected chi connectivity index (χ1v) is 8.32. The van der Waals surface area contributed by atoms with Crippen molar-refractivity contribution in [1.29, 1.82) is 0 Å². The van der Waals surface area contributed by atoms with E-state index in [0.29, 0.717) is 17.9 Å². The van der Waals surface area contributed by atoms with Gasteiger partial charge in [0, 0.05) is 17.6 Å². The van der Waals surface area contributed by atoms with Crippen molar-refractivity contribution in [3.63, 3.8) is 0 Å². The predicted octanol–water partition coefficient (Wildman–Crippen LogP) is 2.48. The van der Waals surface area contributed by atoms with Crippen LogP contribution in [0.4, 0.5) is 5.69 Å². The molecule has 6 heteroatoms. The van der Waals surface area contributed by atoms with Gasteiger partial charge in [-0.3, -0.25) is 9.59 Å². The third-order valence-corrected chi connectivity index (χ3v) is 5.31. The Bertz CT molecular complexity index is 711. The fourth-order valence-corrected chi connectivity index (χ4v) is 3.13. The number of benzene rings is 1. The van der Waals surface area contributed by atoms with Crippen molar-refractivity contribution >= 4 is 23.5 Å². The van der Waals surface area contributed by atoms with Gasteiger partial charge in [-0.25, -0.2) is 9.69 Å². The van der Waals surface area contributed by atoms with E-state index in [1.54, 1.807) is 24.3 Å². The quantitative estimate of drug-likeness (QED) is 0.607. The highest BCUT2D eigenvalue weighted by atomic mass is 16.5. The number of hydrogen-bond acceptors (Lipinski definition) is 5. The predicted molar refractivity (Wildman–Crippen MR) is 91.1 cm³/mol. The van der Waals surface area contributed by atoms with Crippen LogP contribution in [-0.4, -0.2) is 36.6 Å². The molecule has 25 heavy (non-hydrogen) atoms. The van der Waals surface area contributed by atoms with Crippen LogP contribution in [0.1, 0.15) is 37.6 Å². The lowest BCUT2D eigenvalue weighted by molar-refractivity contribution is -0.231. The topological polar surface area (TPSA) is 72.9 Å². The van der Waals surface area contributed by atoms with E-state index in [4.69, 9.17) is 9.47 Å². The van der Waals surface area contributed by atoms with Gasteiger partial charge in [-0.1, -0.05) is 6.92 Å². The number of rotatable bonds is 5. The molecule has 1 saturated heterocycles. The van der Waals surface area contributed by atoms with E-state index >= 15 is 0 Å². The lowest BCUT2D eigenvalue weighted by atomic mass is 9.72. The van der Waals surface area contributed by atoms with Crippen LogP contribution in [0.5, 0.6) is 0 Å². The zero-order chi connectivity index (χ0) is 18.2. The third kappa shape index (κ3) is 3.09. The number of nitrogens with zero attached hydrogens (tertiary/aromatic N) is 1. The number of ether oxygens (including phenoxy) is 2. The molecule has 2 unspecified atom stereocenters. The lowest BCUT2D eigenvalue weighted by Gasteiger charge is -2.51. The van der Waals surface area contributed by atoms with Crippen LogP contribution in [0.3, 0.4) is 0 Å². The SMILES string of the molecule is CC1OC(C)C1(C)CCOC(=O)c1ccc(N2C(=O)C=CC2=O)cc1. The fraction of sp³-hybridized carbons (Fsp3) is 0.421. The maximum Gasteiger partial charge on any atom is 0.338 e. The van der Waals surface area contributed by atoms with Gasteiger partial charge in [0.1, 0.15) is 0 Å². The maximum absolute atomic E-state index is 12.1. The number of carbonyl (C=O) groups is 3. The van der Waals surface area contributed by atoms with Crippen LogP contribution >= 0.6 is 0 Å². The number of carbonyl (C=O) groups excluding carboxylic acids is 3. The normalized spacial score (nSPS) is 28.2. The van der Waals surface area contributed by atoms with E-state index < -0.39 is 5.97 Å². The van der Waals surface area contributed by atoms with Crippen LogP contribution in [0.15, 0.2) is 36.4 Å². The van der Waals surface area contributed by atoms with Crippen molar-refractivity contribution in [3.8, 4) is 0 Å². The minimum atomic E-state index is -0.423. The van der Waals surface area contributed by atoms with Crippen LogP contribution in [0.2, 0.25) is 0 Å². The molecule has 1 aromatic rings. The highest BCUT2D eigenvalue weighted by molar-refractivity contribution is 6.28. The van der Waals surface area contributed by atoms with E-state index in [0.717, 1.165) is 11.3 Å². The van der Waals surface area contributed by atoms with Crippen molar-refractivity contribution in [3.05, 3.63) is 42.0 Å². The van der Waals surface area contributed by atoms with E-state index in [1.807, 2.05) is 13.8 Å². The fourth-order valence-electron chi connectivity index (χ4n) is 3.13. The standard InChI is InChI=1S/C19H21NO5/c1-12-19(3,13(2)25-12)10-11-24-18(23)14-4-6-15(7-5-14)20-16(21)8-9-17(20)22/h4-9,12-13H,10-11H2,1-3H3. The molecule has 0 radical (unpaired) electrons. The first-order chi connectivity index (χ1) is 11.8. The van der Waals surface area contributed by atoms with Gasteiger partial charge in [0.05, 0.1) is 30.1 Å². The van der Waals surface area contributed by atoms with E-state index in [9.17, 15) is 14.4 Å². The van der Waals surface area contributed by atoms with Gasteiger partial charge in [-0.05, 0) is 44.5 Å². The van der Waals surface area contributed by atoms with Gasteiger partial charge in [-0.2, -0.15) is 0 Å². The molecule has 0 aliphatic carbocycles. The highest BCUT2D eigenvalue weighted by Crippen LogP contribution is 2.43. The van der Waals surface area contributed by atoms with Crippen molar-refractivity contribution < 1.29 is 23.9 Å². The molecule has 2 aliphatic rings. The molecule has 2 aliphatic heterocycles. The van der Waals surface area contributed by atoms with Gasteiger partial charge in [-0.15, -0.1) is 0 Å². The Morgan fingerprint density at radius 1 is 1.12 bits per heavy atom. The zero-order valence-corrected chi connectivity index (χ0v) is 14.5. The Hall–Kier alpha value is -2.47. The molecule has 6 nitrogen and oxygen atoms in total. The van der Waals surface area contributed by atoms with Crippen molar-refractivity contribution in [2.24, 2.45) is 5.41 Å². The number of amides is 2. The summed E-state index contributed by atoms with van der Waals surface area (Å²) in [5, 5.41) is 0. The van der Waals surface area contributed by atoms with Gasteiger partial charge in [0.25, 0.3) is 11.8 Å². The Balaban J connectivity index is 1.56. The average molecular weight is 343 g/mol. The van der Waals surface area contributed by atoms with Crippen LogP contribution < -0.4 is 4.90 Å². The number of esters is 1. The van der Waals surface area contributed by atoms with E-state index in [-0.39, 0.29) is 29.4 Å². The summed E-state index contributed by atoms with van der Waals surface area (Å²) in [6.45, 7) is 6.50. The largest absolute Gasteiger partial charge is 0.462 e. The molecule has 0 bridgehead atoms. The molecule has 0 aromatic heterocycles. The maximum atomic E-state index is 12.1.